The topological polar surface area (TPSA) is 108 Å². The molecule has 30 heavy (non-hydrogen) atoms. The van der Waals surface area contributed by atoms with Crippen molar-refractivity contribution >= 4 is 21.8 Å². The Kier molecular flexibility index (Phi) is 5.32. The molecule has 0 radical (unpaired) electrons. The molecular formula is C23H28N4O3. The molecule has 2 aromatic heterocycles. The van der Waals surface area contributed by atoms with Crippen LogP contribution in [0.15, 0.2) is 30.3 Å². The van der Waals surface area contributed by atoms with Crippen LogP contribution in [0.3, 0.4) is 0 Å². The van der Waals surface area contributed by atoms with Crippen LogP contribution in [-0.4, -0.2) is 64.4 Å². The highest BCUT2D eigenvalue weighted by Gasteiger charge is 2.23. The van der Waals surface area contributed by atoms with Gasteiger partial charge in [-0.3, -0.25) is 0 Å². The molecule has 2 aromatic carbocycles. The zero-order valence-corrected chi connectivity index (χ0v) is 17.5. The zero-order valence-electron chi connectivity index (χ0n) is 17.5. The molecule has 4 aromatic rings. The Labute approximate surface area is 175 Å². The molecule has 0 amide bonds. The number of likely N-dealkylation sites (N-methyl/N-ethyl adjacent to an activating group) is 2. The summed E-state index contributed by atoms with van der Waals surface area (Å²) in [7, 11) is 5.93. The molecular weight excluding hydrogens is 380 g/mol. The molecule has 0 aliphatic heterocycles. The van der Waals surface area contributed by atoms with E-state index in [1.165, 1.54) is 6.07 Å². The van der Waals surface area contributed by atoms with E-state index >= 15 is 0 Å². The maximum absolute atomic E-state index is 10.6. The van der Waals surface area contributed by atoms with Crippen molar-refractivity contribution in [3.8, 4) is 28.6 Å². The van der Waals surface area contributed by atoms with Gasteiger partial charge in [0.05, 0.1) is 16.9 Å². The first kappa shape index (κ1) is 20.1. The predicted molar refractivity (Wildman–Crippen MR) is 120 cm³/mol. The molecule has 4 rings (SSSR count). The Morgan fingerprint density at radius 3 is 2.17 bits per heavy atom. The lowest BCUT2D eigenvalue weighted by Gasteiger charge is -2.12. The number of phenols is 3. The highest BCUT2D eigenvalue weighted by Crippen LogP contribution is 2.43. The standard InChI is InChI=1S/C23H28N4O3/c1-24-11-9-13-20-16(7-8-18(29)23(20)30)26-21(13)22-14(10-12-27(2)3)19-15(25-22)5-4-6-17(19)28/h4-8,24-26,28-30H,9-12H2,1-3H3. The Hall–Kier alpha value is -3.16. The summed E-state index contributed by atoms with van der Waals surface area (Å²) < 4.78 is 0. The van der Waals surface area contributed by atoms with Gasteiger partial charge >= 0.3 is 0 Å². The third-order valence-corrected chi connectivity index (χ3v) is 5.61. The van der Waals surface area contributed by atoms with Crippen LogP contribution in [0.4, 0.5) is 0 Å². The number of phenolic OH excluding ortho intramolecular Hbond substituents is 3. The summed E-state index contributed by atoms with van der Waals surface area (Å²) in [5.41, 5.74) is 5.33. The Morgan fingerprint density at radius 2 is 1.50 bits per heavy atom. The van der Waals surface area contributed by atoms with Gasteiger partial charge in [-0.1, -0.05) is 6.07 Å². The van der Waals surface area contributed by atoms with E-state index < -0.39 is 0 Å². The molecule has 7 nitrogen and oxygen atoms in total. The lowest BCUT2D eigenvalue weighted by Crippen LogP contribution is -2.15. The van der Waals surface area contributed by atoms with Crippen molar-refractivity contribution < 1.29 is 15.3 Å². The summed E-state index contributed by atoms with van der Waals surface area (Å²) >= 11 is 0. The largest absolute Gasteiger partial charge is 0.507 e. The van der Waals surface area contributed by atoms with Crippen molar-refractivity contribution in [2.24, 2.45) is 0 Å². The van der Waals surface area contributed by atoms with E-state index in [9.17, 15) is 15.3 Å². The second kappa shape index (κ2) is 7.93. The van der Waals surface area contributed by atoms with Crippen molar-refractivity contribution in [3.05, 3.63) is 41.5 Å². The molecule has 2 heterocycles. The average Bonchev–Trinajstić information content (AvgIpc) is 3.26. The number of aromatic amines is 2. The summed E-state index contributed by atoms with van der Waals surface area (Å²) in [4.78, 5) is 9.03. The van der Waals surface area contributed by atoms with E-state index in [-0.39, 0.29) is 17.2 Å². The summed E-state index contributed by atoms with van der Waals surface area (Å²) in [6.45, 7) is 1.54. The lowest BCUT2D eigenvalue weighted by molar-refractivity contribution is 0.408. The van der Waals surface area contributed by atoms with Crippen LogP contribution in [0.1, 0.15) is 11.1 Å². The van der Waals surface area contributed by atoms with E-state index in [2.05, 4.69) is 20.2 Å². The molecule has 0 atom stereocenters. The Bertz CT molecular complexity index is 1210. The molecule has 7 heteroatoms. The first-order chi connectivity index (χ1) is 14.4. The Morgan fingerprint density at radius 1 is 0.833 bits per heavy atom. The third-order valence-electron chi connectivity index (χ3n) is 5.61. The second-order valence-electron chi connectivity index (χ2n) is 7.92. The molecule has 0 unspecified atom stereocenters. The molecule has 0 aliphatic carbocycles. The van der Waals surface area contributed by atoms with Crippen LogP contribution in [-0.2, 0) is 12.8 Å². The van der Waals surface area contributed by atoms with Gasteiger partial charge in [-0.25, -0.2) is 0 Å². The molecule has 0 aliphatic rings. The summed E-state index contributed by atoms with van der Waals surface area (Å²) in [5.74, 6) is -0.00656. The number of nitrogens with zero attached hydrogens (tertiary/aromatic N) is 1. The van der Waals surface area contributed by atoms with Crippen molar-refractivity contribution in [1.29, 1.82) is 0 Å². The van der Waals surface area contributed by atoms with E-state index in [1.54, 1.807) is 12.1 Å². The van der Waals surface area contributed by atoms with Gasteiger partial charge in [0.1, 0.15) is 5.75 Å². The fraction of sp³-hybridized carbons (Fsp3) is 0.304. The van der Waals surface area contributed by atoms with Gasteiger partial charge in [0, 0.05) is 22.8 Å². The number of rotatable bonds is 7. The van der Waals surface area contributed by atoms with Crippen LogP contribution in [0.5, 0.6) is 17.2 Å². The van der Waals surface area contributed by atoms with Crippen molar-refractivity contribution in [1.82, 2.24) is 20.2 Å². The monoisotopic (exact) mass is 408 g/mol. The van der Waals surface area contributed by atoms with E-state index in [0.29, 0.717) is 18.4 Å². The van der Waals surface area contributed by atoms with Crippen molar-refractivity contribution in [3.63, 3.8) is 0 Å². The third kappa shape index (κ3) is 3.36. The maximum atomic E-state index is 10.6. The molecule has 0 saturated heterocycles. The first-order valence-corrected chi connectivity index (χ1v) is 10.1. The number of hydrogen-bond acceptors (Lipinski definition) is 5. The minimum Gasteiger partial charge on any atom is -0.507 e. The Balaban J connectivity index is 2.01. The van der Waals surface area contributed by atoms with Gasteiger partial charge in [-0.2, -0.15) is 0 Å². The number of hydrogen-bond donors (Lipinski definition) is 6. The minimum atomic E-state index is -0.138. The minimum absolute atomic E-state index is 0.116. The van der Waals surface area contributed by atoms with Crippen LogP contribution in [0, 0.1) is 0 Å². The first-order valence-electron chi connectivity index (χ1n) is 10.1. The molecule has 0 bridgehead atoms. The highest BCUT2D eigenvalue weighted by atomic mass is 16.3. The quantitative estimate of drug-likeness (QED) is 0.263. The van der Waals surface area contributed by atoms with Crippen molar-refractivity contribution in [2.75, 3.05) is 34.2 Å². The van der Waals surface area contributed by atoms with E-state index in [4.69, 9.17) is 0 Å². The maximum Gasteiger partial charge on any atom is 0.167 e. The number of aromatic nitrogens is 2. The van der Waals surface area contributed by atoms with Gasteiger partial charge in [0.25, 0.3) is 0 Å². The van der Waals surface area contributed by atoms with Crippen LogP contribution in [0.2, 0.25) is 0 Å². The number of benzene rings is 2. The molecule has 0 fully saturated rings. The van der Waals surface area contributed by atoms with Gasteiger partial charge in [-0.05, 0) is 75.9 Å². The van der Waals surface area contributed by atoms with E-state index in [0.717, 1.165) is 51.9 Å². The van der Waals surface area contributed by atoms with Gasteiger partial charge in [0.2, 0.25) is 0 Å². The number of aromatic hydroxyl groups is 3. The lowest BCUT2D eigenvalue weighted by atomic mass is 10.00. The fourth-order valence-corrected chi connectivity index (χ4v) is 4.13. The van der Waals surface area contributed by atoms with Gasteiger partial charge in [-0.15, -0.1) is 0 Å². The highest BCUT2D eigenvalue weighted by molar-refractivity contribution is 6.00. The van der Waals surface area contributed by atoms with Crippen molar-refractivity contribution in [2.45, 2.75) is 12.8 Å². The molecule has 6 N–H and O–H groups in total. The van der Waals surface area contributed by atoms with Crippen LogP contribution < -0.4 is 5.32 Å². The summed E-state index contributed by atoms with van der Waals surface area (Å²) in [6, 6.07) is 8.75. The summed E-state index contributed by atoms with van der Waals surface area (Å²) in [5, 5.41) is 35.8. The number of fused-ring (bicyclic) bond motifs is 2. The zero-order chi connectivity index (χ0) is 21.4. The average molecular weight is 409 g/mol. The SMILES string of the molecule is CNCCc1c(-c2[nH]c3cccc(O)c3c2CCN(C)C)[nH]c2ccc(O)c(O)c12. The molecule has 0 spiro atoms. The predicted octanol–water partition coefficient (Wildman–Crippen LogP) is 3.30. The summed E-state index contributed by atoms with van der Waals surface area (Å²) in [6.07, 6.45) is 1.41. The molecule has 0 saturated carbocycles. The molecule has 158 valence electrons. The van der Waals surface area contributed by atoms with Gasteiger partial charge in [0.15, 0.2) is 11.5 Å². The smallest absolute Gasteiger partial charge is 0.167 e. The van der Waals surface area contributed by atoms with E-state index in [1.807, 2.05) is 33.3 Å². The normalized spacial score (nSPS) is 11.9. The van der Waals surface area contributed by atoms with Gasteiger partial charge < -0.3 is 35.5 Å². The van der Waals surface area contributed by atoms with Crippen LogP contribution in [0.25, 0.3) is 33.2 Å². The number of H-pyrrole nitrogens is 2. The van der Waals surface area contributed by atoms with Crippen LogP contribution >= 0.6 is 0 Å². The second-order valence-corrected chi connectivity index (χ2v) is 7.92. The fourth-order valence-electron chi connectivity index (χ4n) is 4.13. The number of nitrogens with one attached hydrogen (secondary N) is 3.